The van der Waals surface area contributed by atoms with Gasteiger partial charge in [-0.1, -0.05) is 64.4 Å². The van der Waals surface area contributed by atoms with Crippen molar-refractivity contribution in [1.82, 2.24) is 0 Å². The van der Waals surface area contributed by atoms with Gasteiger partial charge in [0.2, 0.25) is 0 Å². The van der Waals surface area contributed by atoms with Gasteiger partial charge < -0.3 is 9.47 Å². The summed E-state index contributed by atoms with van der Waals surface area (Å²) in [6.45, 7) is 11.6. The Balaban J connectivity index is 1.99. The molecule has 2 nitrogen and oxygen atoms in total. The average molecular weight is 361 g/mol. The van der Waals surface area contributed by atoms with Crippen molar-refractivity contribution in [2.24, 2.45) is 0 Å². The topological polar surface area (TPSA) is 18.5 Å². The molecule has 0 bridgehead atoms. The van der Waals surface area contributed by atoms with E-state index in [-0.39, 0.29) is 10.8 Å². The lowest BCUT2D eigenvalue weighted by atomic mass is 9.82. The smallest absolute Gasteiger partial charge is 0.137 e. The Morgan fingerprint density at radius 2 is 1.48 bits per heavy atom. The molecule has 0 aliphatic carbocycles. The molecule has 0 heterocycles. The van der Waals surface area contributed by atoms with Gasteiger partial charge in [-0.2, -0.15) is 0 Å². The Morgan fingerprint density at radius 3 is 2.00 bits per heavy atom. The van der Waals surface area contributed by atoms with Gasteiger partial charge >= 0.3 is 0 Å². The van der Waals surface area contributed by atoms with Gasteiger partial charge in [-0.15, -0.1) is 0 Å². The second kappa shape index (κ2) is 7.70. The number of halogens is 1. The quantitative estimate of drug-likeness (QED) is 0.594. The van der Waals surface area contributed by atoms with E-state index in [1.165, 1.54) is 11.1 Å². The van der Waals surface area contributed by atoms with Crippen LogP contribution in [-0.2, 0) is 10.8 Å². The Kier molecular flexibility index (Phi) is 6.05. The van der Waals surface area contributed by atoms with Gasteiger partial charge in [-0.3, -0.25) is 0 Å². The zero-order valence-electron chi connectivity index (χ0n) is 16.2. The molecule has 3 heteroatoms. The molecule has 2 aromatic rings. The molecule has 2 aromatic carbocycles. The van der Waals surface area contributed by atoms with Crippen LogP contribution in [0.25, 0.3) is 0 Å². The van der Waals surface area contributed by atoms with Gasteiger partial charge in [0, 0.05) is 0 Å². The predicted octanol–water partition coefficient (Wildman–Crippen LogP) is 6.39. The molecule has 0 atom stereocenters. The lowest BCUT2D eigenvalue weighted by molar-refractivity contribution is 0.272. The van der Waals surface area contributed by atoms with Crippen LogP contribution in [0.15, 0.2) is 42.5 Å². The van der Waals surface area contributed by atoms with Crippen LogP contribution in [-0.4, -0.2) is 13.7 Å². The summed E-state index contributed by atoms with van der Waals surface area (Å²) in [6.07, 6.45) is 0.899. The van der Waals surface area contributed by atoms with Crippen LogP contribution in [0, 0.1) is 0 Å². The molecular weight excluding hydrogens is 332 g/mol. The second-order valence-corrected chi connectivity index (χ2v) is 8.51. The molecule has 0 saturated carbocycles. The Bertz CT molecular complexity index is 697. The monoisotopic (exact) mass is 360 g/mol. The minimum Gasteiger partial charge on any atom is -0.497 e. The molecular formula is C22H29ClO2. The van der Waals surface area contributed by atoms with Crippen molar-refractivity contribution in [3.8, 4) is 11.5 Å². The van der Waals surface area contributed by atoms with E-state index in [1.807, 2.05) is 24.3 Å². The van der Waals surface area contributed by atoms with E-state index < -0.39 is 0 Å². The highest BCUT2D eigenvalue weighted by molar-refractivity contribution is 6.32. The molecule has 0 saturated heterocycles. The maximum atomic E-state index is 6.40. The van der Waals surface area contributed by atoms with Gasteiger partial charge in [-0.05, 0) is 52.6 Å². The van der Waals surface area contributed by atoms with Crippen molar-refractivity contribution in [3.05, 3.63) is 58.6 Å². The largest absolute Gasteiger partial charge is 0.497 e. The summed E-state index contributed by atoms with van der Waals surface area (Å²) >= 11 is 6.40. The SMILES string of the molecule is COc1ccc(C(C)(C)CCOc2ccc(C(C)(C)C)cc2Cl)cc1. The highest BCUT2D eigenvalue weighted by Gasteiger charge is 2.21. The lowest BCUT2D eigenvalue weighted by Crippen LogP contribution is -2.20. The summed E-state index contributed by atoms with van der Waals surface area (Å²) in [7, 11) is 1.68. The van der Waals surface area contributed by atoms with Gasteiger partial charge in [-0.25, -0.2) is 0 Å². The van der Waals surface area contributed by atoms with E-state index in [0.29, 0.717) is 11.6 Å². The molecule has 136 valence electrons. The fourth-order valence-corrected chi connectivity index (χ4v) is 2.92. The van der Waals surface area contributed by atoms with Crippen molar-refractivity contribution >= 4 is 11.6 Å². The van der Waals surface area contributed by atoms with Crippen LogP contribution < -0.4 is 9.47 Å². The highest BCUT2D eigenvalue weighted by atomic mass is 35.5. The molecule has 0 aromatic heterocycles. The first-order valence-corrected chi connectivity index (χ1v) is 9.09. The minimum atomic E-state index is 0.0180. The van der Waals surface area contributed by atoms with E-state index in [4.69, 9.17) is 21.1 Å². The van der Waals surface area contributed by atoms with Crippen molar-refractivity contribution in [1.29, 1.82) is 0 Å². The molecule has 2 rings (SSSR count). The van der Waals surface area contributed by atoms with Crippen molar-refractivity contribution in [2.45, 2.75) is 51.9 Å². The number of methoxy groups -OCH3 is 1. The normalized spacial score (nSPS) is 12.1. The van der Waals surface area contributed by atoms with Crippen molar-refractivity contribution in [2.75, 3.05) is 13.7 Å². The zero-order chi connectivity index (χ0) is 18.7. The predicted molar refractivity (Wildman–Crippen MR) is 106 cm³/mol. The molecule has 0 spiro atoms. The molecule has 0 fully saturated rings. The van der Waals surface area contributed by atoms with E-state index >= 15 is 0 Å². The van der Waals surface area contributed by atoms with Crippen LogP contribution in [0.2, 0.25) is 5.02 Å². The number of hydrogen-bond donors (Lipinski definition) is 0. The summed E-state index contributed by atoms with van der Waals surface area (Å²) in [6, 6.07) is 14.3. The molecule has 0 aliphatic rings. The molecule has 0 aliphatic heterocycles. The van der Waals surface area contributed by atoms with Gasteiger partial charge in [0.1, 0.15) is 11.5 Å². The highest BCUT2D eigenvalue weighted by Crippen LogP contribution is 2.33. The average Bonchev–Trinajstić information content (AvgIpc) is 2.55. The third-order valence-corrected chi connectivity index (χ3v) is 4.95. The summed E-state index contributed by atoms with van der Waals surface area (Å²) in [4.78, 5) is 0. The maximum Gasteiger partial charge on any atom is 0.137 e. The lowest BCUT2D eigenvalue weighted by Gasteiger charge is -2.26. The van der Waals surface area contributed by atoms with Gasteiger partial charge in [0.05, 0.1) is 18.7 Å². The number of ether oxygens (including phenoxy) is 2. The molecule has 0 amide bonds. The standard InChI is InChI=1S/C22H29ClO2/c1-21(2,3)17-9-12-20(19(23)15-17)25-14-13-22(4,5)16-7-10-18(24-6)11-8-16/h7-12,15H,13-14H2,1-6H3. The van der Waals surface area contributed by atoms with Gasteiger partial charge in [0.15, 0.2) is 0 Å². The summed E-state index contributed by atoms with van der Waals surface area (Å²) < 4.78 is 11.2. The van der Waals surface area contributed by atoms with E-state index in [1.54, 1.807) is 7.11 Å². The van der Waals surface area contributed by atoms with E-state index in [0.717, 1.165) is 17.9 Å². The second-order valence-electron chi connectivity index (χ2n) is 8.11. The fraction of sp³-hybridized carbons (Fsp3) is 0.455. The summed E-state index contributed by atoms with van der Waals surface area (Å²) in [5, 5.41) is 0.676. The zero-order valence-corrected chi connectivity index (χ0v) is 16.9. The summed E-state index contributed by atoms with van der Waals surface area (Å²) in [5.41, 5.74) is 2.58. The van der Waals surface area contributed by atoms with E-state index in [9.17, 15) is 0 Å². The third kappa shape index (κ3) is 5.15. The maximum absolute atomic E-state index is 6.40. The van der Waals surface area contributed by atoms with Crippen LogP contribution in [0.5, 0.6) is 11.5 Å². The number of rotatable bonds is 6. The van der Waals surface area contributed by atoms with Crippen LogP contribution in [0.4, 0.5) is 0 Å². The third-order valence-electron chi connectivity index (χ3n) is 4.65. The van der Waals surface area contributed by atoms with Crippen LogP contribution in [0.3, 0.4) is 0 Å². The Morgan fingerprint density at radius 1 is 0.880 bits per heavy atom. The van der Waals surface area contributed by atoms with Gasteiger partial charge in [0.25, 0.3) is 0 Å². The first-order chi connectivity index (χ1) is 11.6. The Labute approximate surface area is 157 Å². The fourth-order valence-electron chi connectivity index (χ4n) is 2.69. The Hall–Kier alpha value is -1.67. The number of benzene rings is 2. The van der Waals surface area contributed by atoms with E-state index in [2.05, 4.69) is 52.8 Å². The minimum absolute atomic E-state index is 0.0180. The molecule has 0 radical (unpaired) electrons. The van der Waals surface area contributed by atoms with Crippen LogP contribution >= 0.6 is 11.6 Å². The molecule has 25 heavy (non-hydrogen) atoms. The molecule has 0 unspecified atom stereocenters. The first-order valence-electron chi connectivity index (χ1n) is 8.71. The summed E-state index contributed by atoms with van der Waals surface area (Å²) in [5.74, 6) is 1.63. The van der Waals surface area contributed by atoms with Crippen molar-refractivity contribution in [3.63, 3.8) is 0 Å². The molecule has 0 N–H and O–H groups in total. The number of hydrogen-bond acceptors (Lipinski definition) is 2. The van der Waals surface area contributed by atoms with Crippen LogP contribution in [0.1, 0.15) is 52.2 Å². The first kappa shape index (κ1) is 19.7. The van der Waals surface area contributed by atoms with Crippen molar-refractivity contribution < 1.29 is 9.47 Å².